The molecule has 3 aromatic rings. The number of benzene rings is 3. The number of aliphatic hydroxyl groups excluding tert-OH is 2. The molecule has 6 atom stereocenters. The number of thioether (sulfide) groups is 1. The molecule has 1 amide bonds. The monoisotopic (exact) mass is 899 g/mol. The van der Waals surface area contributed by atoms with Crippen molar-refractivity contribution in [1.82, 2.24) is 4.90 Å². The SMILES string of the molecule is C=CCO[C@@]12Oc3ccc(Oc4ccc(SC)cc4)cc3[C@H]3[C@H](CCCCO)[C@@H](CCCCO)C=C(C(=NOCc4ccc([N+](=O)[O-])cc4)C[C@@H]1N(CCC)C(=O)OCC(C)(C)C)[C@H]32. The zero-order valence-corrected chi connectivity index (χ0v) is 38.7. The van der Waals surface area contributed by atoms with Crippen molar-refractivity contribution in [3.8, 4) is 17.2 Å². The van der Waals surface area contributed by atoms with E-state index >= 15 is 0 Å². The Bertz CT molecular complexity index is 2100. The molecule has 1 heterocycles. The molecule has 0 saturated heterocycles. The van der Waals surface area contributed by atoms with Gasteiger partial charge in [-0.05, 0) is 121 Å². The van der Waals surface area contributed by atoms with Gasteiger partial charge >= 0.3 is 6.09 Å². The van der Waals surface area contributed by atoms with E-state index in [0.29, 0.717) is 54.3 Å². The van der Waals surface area contributed by atoms with Gasteiger partial charge in [-0.1, -0.05) is 57.8 Å². The van der Waals surface area contributed by atoms with Crippen molar-refractivity contribution in [2.24, 2.45) is 28.3 Å². The maximum atomic E-state index is 14.5. The van der Waals surface area contributed by atoms with E-state index in [1.54, 1.807) is 34.9 Å². The van der Waals surface area contributed by atoms with Crippen LogP contribution in [0.4, 0.5) is 10.5 Å². The highest BCUT2D eigenvalue weighted by atomic mass is 32.2. The fourth-order valence-corrected chi connectivity index (χ4v) is 9.77. The van der Waals surface area contributed by atoms with Crippen LogP contribution >= 0.6 is 11.8 Å². The summed E-state index contributed by atoms with van der Waals surface area (Å²) in [6.45, 7) is 13.0. The first-order valence-electron chi connectivity index (χ1n) is 22.5. The molecule has 0 radical (unpaired) electrons. The van der Waals surface area contributed by atoms with Crippen LogP contribution in [0, 0.1) is 33.3 Å². The molecule has 13 nitrogen and oxygen atoms in total. The number of nitrogens with zero attached hydrogens (tertiary/aromatic N) is 3. The van der Waals surface area contributed by atoms with E-state index < -0.39 is 28.8 Å². The Morgan fingerprint density at radius 3 is 2.38 bits per heavy atom. The number of hydrogen-bond acceptors (Lipinski definition) is 12. The Morgan fingerprint density at radius 1 is 1.03 bits per heavy atom. The smallest absolute Gasteiger partial charge is 0.410 e. The molecule has 3 aliphatic rings. The topological polar surface area (TPSA) is 162 Å². The fraction of sp³-hybridized carbons (Fsp3) is 0.520. The Balaban J connectivity index is 1.56. The number of aliphatic hydroxyl groups is 2. The number of ether oxygens (including phenoxy) is 4. The van der Waals surface area contributed by atoms with Crippen molar-refractivity contribution >= 4 is 29.3 Å². The summed E-state index contributed by atoms with van der Waals surface area (Å²) in [5, 5.41) is 36.2. The second-order valence-electron chi connectivity index (χ2n) is 18.1. The van der Waals surface area contributed by atoms with E-state index in [0.717, 1.165) is 41.7 Å². The number of oxime groups is 1. The second-order valence-corrected chi connectivity index (χ2v) is 18.9. The van der Waals surface area contributed by atoms with Crippen LogP contribution < -0.4 is 9.47 Å². The lowest BCUT2D eigenvalue weighted by molar-refractivity contribution is -0.384. The lowest BCUT2D eigenvalue weighted by Crippen LogP contribution is -2.70. The average Bonchev–Trinajstić information content (AvgIpc) is 3.28. The minimum absolute atomic E-state index is 0.0192. The van der Waals surface area contributed by atoms with Gasteiger partial charge < -0.3 is 34.0 Å². The van der Waals surface area contributed by atoms with Crippen LogP contribution in [0.25, 0.3) is 0 Å². The summed E-state index contributed by atoms with van der Waals surface area (Å²) in [4.78, 5) is 34.5. The van der Waals surface area contributed by atoms with E-state index in [-0.39, 0.29) is 68.3 Å². The quantitative estimate of drug-likeness (QED) is 0.0324. The van der Waals surface area contributed by atoms with E-state index in [1.807, 2.05) is 70.3 Å². The molecule has 0 unspecified atom stereocenters. The molecule has 346 valence electrons. The Hall–Kier alpha value is -4.89. The van der Waals surface area contributed by atoms with E-state index in [4.69, 9.17) is 28.9 Å². The van der Waals surface area contributed by atoms with E-state index in [1.165, 1.54) is 12.1 Å². The largest absolute Gasteiger partial charge is 0.459 e. The number of nitro benzene ring substituents is 1. The van der Waals surface area contributed by atoms with Gasteiger partial charge in [0.2, 0.25) is 5.79 Å². The second kappa shape index (κ2) is 22.3. The van der Waals surface area contributed by atoms with Gasteiger partial charge in [-0.3, -0.25) is 15.0 Å². The number of amides is 1. The lowest BCUT2D eigenvalue weighted by Gasteiger charge is -2.60. The molecule has 3 aromatic carbocycles. The van der Waals surface area contributed by atoms with Crippen LogP contribution in [0.1, 0.15) is 96.1 Å². The van der Waals surface area contributed by atoms with Gasteiger partial charge in [-0.2, -0.15) is 0 Å². The molecule has 64 heavy (non-hydrogen) atoms. The molecule has 2 N–H and O–H groups in total. The molecule has 14 heteroatoms. The molecule has 2 aliphatic carbocycles. The number of fused-ring (bicyclic) bond motifs is 2. The van der Waals surface area contributed by atoms with Crippen molar-refractivity contribution in [3.63, 3.8) is 0 Å². The Morgan fingerprint density at radius 2 is 1.73 bits per heavy atom. The number of allylic oxidation sites excluding steroid dienone is 1. The van der Waals surface area contributed by atoms with Crippen LogP contribution in [0.3, 0.4) is 0 Å². The minimum atomic E-state index is -1.44. The third-order valence-electron chi connectivity index (χ3n) is 12.2. The highest BCUT2D eigenvalue weighted by Crippen LogP contribution is 2.62. The van der Waals surface area contributed by atoms with Crippen molar-refractivity contribution in [1.29, 1.82) is 0 Å². The predicted molar refractivity (Wildman–Crippen MR) is 249 cm³/mol. The molecule has 1 fully saturated rings. The summed E-state index contributed by atoms with van der Waals surface area (Å²) < 4.78 is 27.0. The normalized spacial score (nSPS) is 23.0. The van der Waals surface area contributed by atoms with Crippen LogP contribution in [0.15, 0.2) is 101 Å². The number of carbonyl (C=O) groups excluding carboxylic acids is 1. The third-order valence-corrected chi connectivity index (χ3v) is 12.9. The summed E-state index contributed by atoms with van der Waals surface area (Å²) >= 11 is 1.66. The maximum Gasteiger partial charge on any atom is 0.410 e. The van der Waals surface area contributed by atoms with Gasteiger partial charge in [-0.25, -0.2) is 4.79 Å². The highest BCUT2D eigenvalue weighted by molar-refractivity contribution is 7.98. The molecular formula is C50H65N3O10S. The van der Waals surface area contributed by atoms with Gasteiger partial charge in [0.05, 0.1) is 29.8 Å². The molecule has 0 aromatic heterocycles. The van der Waals surface area contributed by atoms with Crippen molar-refractivity contribution < 1.29 is 43.7 Å². The average molecular weight is 900 g/mol. The van der Waals surface area contributed by atoms with Crippen molar-refractivity contribution in [2.45, 2.75) is 108 Å². The first-order chi connectivity index (χ1) is 30.9. The maximum absolute atomic E-state index is 14.5. The number of nitro groups is 1. The lowest BCUT2D eigenvalue weighted by atomic mass is 9.55. The molecule has 6 rings (SSSR count). The highest BCUT2D eigenvalue weighted by Gasteiger charge is 2.65. The predicted octanol–water partition coefficient (Wildman–Crippen LogP) is 10.8. The van der Waals surface area contributed by atoms with Crippen molar-refractivity contribution in [3.05, 3.63) is 112 Å². The number of unbranched alkanes of at least 4 members (excludes halogenated alkanes) is 2. The number of carbonyl (C=O) groups is 1. The number of non-ortho nitro benzene ring substituents is 1. The molecular weight excluding hydrogens is 835 g/mol. The number of hydrogen-bond donors (Lipinski definition) is 2. The summed E-state index contributed by atoms with van der Waals surface area (Å²) in [7, 11) is 0. The minimum Gasteiger partial charge on any atom is -0.459 e. The molecule has 0 bridgehead atoms. The van der Waals surface area contributed by atoms with Gasteiger partial charge in [0.15, 0.2) is 0 Å². The molecule has 1 aliphatic heterocycles. The fourth-order valence-electron chi connectivity index (χ4n) is 9.37. The van der Waals surface area contributed by atoms with Crippen LogP contribution in [0.5, 0.6) is 17.2 Å². The molecule has 0 spiro atoms. The summed E-state index contributed by atoms with van der Waals surface area (Å²) in [5.74, 6) is -0.169. The van der Waals surface area contributed by atoms with Gasteiger partial charge in [-0.15, -0.1) is 18.3 Å². The van der Waals surface area contributed by atoms with Gasteiger partial charge in [0.25, 0.3) is 5.69 Å². The van der Waals surface area contributed by atoms with Gasteiger partial charge in [0, 0.05) is 54.7 Å². The van der Waals surface area contributed by atoms with Crippen LogP contribution in [-0.4, -0.2) is 82.9 Å². The van der Waals surface area contributed by atoms with Crippen LogP contribution in [-0.2, 0) is 20.9 Å². The summed E-state index contributed by atoms with van der Waals surface area (Å²) in [5.41, 5.74) is 2.87. The van der Waals surface area contributed by atoms with E-state index in [2.05, 4.69) is 18.7 Å². The zero-order chi connectivity index (χ0) is 45.9. The Kier molecular flexibility index (Phi) is 17.0. The summed E-state index contributed by atoms with van der Waals surface area (Å²) in [6.07, 6.45) is 10.8. The summed E-state index contributed by atoms with van der Waals surface area (Å²) in [6, 6.07) is 19.3. The first kappa shape index (κ1) is 48.6. The first-order valence-corrected chi connectivity index (χ1v) is 23.8. The zero-order valence-electron chi connectivity index (χ0n) is 37.9. The number of rotatable bonds is 22. The third kappa shape index (κ3) is 11.5. The molecule has 1 saturated carbocycles. The van der Waals surface area contributed by atoms with Gasteiger partial charge in [0.1, 0.15) is 29.9 Å². The van der Waals surface area contributed by atoms with Crippen molar-refractivity contribution in [2.75, 3.05) is 39.2 Å². The Labute approximate surface area is 382 Å². The standard InChI is InChI=1S/C50H65N3O10S/c1-7-25-52(48(56)59-33-49(3,4)5)45-31-43(51-61-32-34-15-17-36(18-16-34)53(57)58)41-29-35(13-9-11-26-54)40(14-10-12-27-55)46-42-30-38(62-37-19-22-39(64-6)23-20-37)21-24-44(42)63-50(45,47(41)46)60-28-8-2/h8,15-24,29-30,35,40,45-47,54-55H,2,7,9-14,25-28,31-33H2,1,3-6H3/t35-,40+,45-,46+,47+,50+/m0/s1. The van der Waals surface area contributed by atoms with E-state index in [9.17, 15) is 25.1 Å². The van der Waals surface area contributed by atoms with Crippen LogP contribution in [0.2, 0.25) is 0 Å².